The van der Waals surface area contributed by atoms with Crippen molar-refractivity contribution in [2.24, 2.45) is 4.99 Å². The standard InChI is InChI=1S/C28H33N5O3/c1-20(2)33-26(18-32(28(33)36)17-25-27(35)16-30-19-31-25)24-11-9-22(10-12-24)4-3-21-5-7-23(8-6-21)15-29-13-14-34/h5-12,19-20,26,29,34-35H,13-18H2,1-2H3,(H,30,31). The van der Waals surface area contributed by atoms with E-state index in [4.69, 9.17) is 5.11 Å². The van der Waals surface area contributed by atoms with E-state index in [0.29, 0.717) is 31.9 Å². The van der Waals surface area contributed by atoms with Gasteiger partial charge in [0.1, 0.15) is 5.76 Å². The molecule has 2 aromatic rings. The minimum absolute atomic E-state index is 0.0391. The number of aliphatic imine (C=N–C) groups is 1. The topological polar surface area (TPSA) is 100 Å². The van der Waals surface area contributed by atoms with Gasteiger partial charge in [-0.25, -0.2) is 4.79 Å². The first-order valence-electron chi connectivity index (χ1n) is 12.2. The number of nitrogens with one attached hydrogen (secondary N) is 2. The molecule has 8 nitrogen and oxygen atoms in total. The van der Waals surface area contributed by atoms with Crippen LogP contribution in [0.1, 0.15) is 42.1 Å². The van der Waals surface area contributed by atoms with Crippen LogP contribution in [0, 0.1) is 11.8 Å². The predicted octanol–water partition coefficient (Wildman–Crippen LogP) is 2.76. The Labute approximate surface area is 212 Å². The molecule has 188 valence electrons. The van der Waals surface area contributed by atoms with Crippen LogP contribution < -0.4 is 10.6 Å². The van der Waals surface area contributed by atoms with Crippen molar-refractivity contribution < 1.29 is 15.0 Å². The Bertz CT molecular complexity index is 1180. The fourth-order valence-corrected chi connectivity index (χ4v) is 4.36. The minimum Gasteiger partial charge on any atom is -0.508 e. The van der Waals surface area contributed by atoms with E-state index >= 15 is 0 Å². The lowest BCUT2D eigenvalue weighted by atomic mass is 10.0. The number of carbonyl (C=O) groups excluding carboxylic acids is 1. The average Bonchev–Trinajstić information content (AvgIpc) is 3.21. The summed E-state index contributed by atoms with van der Waals surface area (Å²) in [6.45, 7) is 6.54. The molecule has 36 heavy (non-hydrogen) atoms. The Kier molecular flexibility index (Phi) is 8.26. The molecule has 1 saturated heterocycles. The maximum absolute atomic E-state index is 13.2. The molecule has 0 bridgehead atoms. The SMILES string of the molecule is CC(C)N1C(=O)N(CC2=C(O)CN=CN2)CC1c1ccc(C#Cc2ccc(CNCCO)cc2)cc1. The Balaban J connectivity index is 1.43. The molecular formula is C28H33N5O3. The van der Waals surface area contributed by atoms with Crippen LogP contribution in [-0.2, 0) is 6.54 Å². The van der Waals surface area contributed by atoms with Crippen LogP contribution in [0.2, 0.25) is 0 Å². The third kappa shape index (κ3) is 6.06. The number of hydrogen-bond acceptors (Lipinski definition) is 6. The third-order valence-corrected chi connectivity index (χ3v) is 6.26. The highest BCUT2D eigenvalue weighted by molar-refractivity contribution is 5.78. The Morgan fingerprint density at radius 3 is 2.39 bits per heavy atom. The first-order chi connectivity index (χ1) is 17.5. The Hall–Kier alpha value is -3.80. The van der Waals surface area contributed by atoms with Gasteiger partial charge < -0.3 is 30.6 Å². The van der Waals surface area contributed by atoms with E-state index in [9.17, 15) is 9.90 Å². The fraction of sp³-hybridized carbons (Fsp3) is 0.357. The minimum atomic E-state index is -0.0773. The second-order valence-corrected chi connectivity index (χ2v) is 9.19. The van der Waals surface area contributed by atoms with E-state index in [0.717, 1.165) is 22.3 Å². The molecule has 2 heterocycles. The lowest BCUT2D eigenvalue weighted by Crippen LogP contribution is -2.39. The van der Waals surface area contributed by atoms with Gasteiger partial charge in [0.2, 0.25) is 0 Å². The molecule has 2 amide bonds. The van der Waals surface area contributed by atoms with Gasteiger partial charge in [-0.15, -0.1) is 0 Å². The molecule has 2 aliphatic heterocycles. The summed E-state index contributed by atoms with van der Waals surface area (Å²) in [4.78, 5) is 20.8. The van der Waals surface area contributed by atoms with Crippen molar-refractivity contribution in [2.45, 2.75) is 32.5 Å². The lowest BCUT2D eigenvalue weighted by Gasteiger charge is -2.27. The molecule has 1 fully saturated rings. The molecule has 0 aliphatic carbocycles. The first kappa shape index (κ1) is 25.3. The van der Waals surface area contributed by atoms with Crippen molar-refractivity contribution in [3.05, 3.63) is 82.2 Å². The van der Waals surface area contributed by atoms with Crippen LogP contribution in [0.4, 0.5) is 4.79 Å². The van der Waals surface area contributed by atoms with Gasteiger partial charge in [-0.2, -0.15) is 0 Å². The zero-order chi connectivity index (χ0) is 25.5. The smallest absolute Gasteiger partial charge is 0.321 e. The molecule has 1 unspecified atom stereocenters. The summed E-state index contributed by atoms with van der Waals surface area (Å²) in [5, 5.41) is 25.1. The molecule has 1 atom stereocenters. The van der Waals surface area contributed by atoms with Crippen molar-refractivity contribution >= 4 is 12.4 Å². The Morgan fingerprint density at radius 2 is 1.78 bits per heavy atom. The van der Waals surface area contributed by atoms with Crippen LogP contribution in [0.15, 0.2) is 65.0 Å². The number of rotatable bonds is 8. The van der Waals surface area contributed by atoms with Crippen molar-refractivity contribution in [1.82, 2.24) is 20.4 Å². The van der Waals surface area contributed by atoms with Gasteiger partial charge in [0.15, 0.2) is 0 Å². The molecule has 8 heteroatoms. The maximum atomic E-state index is 13.2. The zero-order valence-electron chi connectivity index (χ0n) is 20.7. The summed E-state index contributed by atoms with van der Waals surface area (Å²) in [6.07, 6.45) is 1.55. The monoisotopic (exact) mass is 487 g/mol. The summed E-state index contributed by atoms with van der Waals surface area (Å²) in [5.74, 6) is 6.59. The highest BCUT2D eigenvalue weighted by Crippen LogP contribution is 2.32. The van der Waals surface area contributed by atoms with E-state index < -0.39 is 0 Å². The van der Waals surface area contributed by atoms with E-state index in [-0.39, 0.29) is 37.0 Å². The number of hydrogen-bond donors (Lipinski definition) is 4. The van der Waals surface area contributed by atoms with E-state index in [1.807, 2.05) is 67.3 Å². The molecular weight excluding hydrogens is 454 g/mol. The maximum Gasteiger partial charge on any atom is 0.321 e. The number of aliphatic hydroxyl groups is 2. The molecule has 0 spiro atoms. The van der Waals surface area contributed by atoms with Gasteiger partial charge in [-0.1, -0.05) is 36.1 Å². The second kappa shape index (κ2) is 11.8. The summed E-state index contributed by atoms with van der Waals surface area (Å²) >= 11 is 0. The molecule has 0 aromatic heterocycles. The van der Waals surface area contributed by atoms with E-state index in [1.54, 1.807) is 11.2 Å². The van der Waals surface area contributed by atoms with Crippen molar-refractivity contribution in [1.29, 1.82) is 0 Å². The summed E-state index contributed by atoms with van der Waals surface area (Å²) in [6, 6.07) is 16.1. The number of nitrogens with zero attached hydrogens (tertiary/aromatic N) is 3. The van der Waals surface area contributed by atoms with Crippen molar-refractivity contribution in [2.75, 3.05) is 32.8 Å². The van der Waals surface area contributed by atoms with Crippen molar-refractivity contribution in [3.63, 3.8) is 0 Å². The third-order valence-electron chi connectivity index (χ3n) is 6.26. The van der Waals surface area contributed by atoms with E-state index in [1.165, 1.54) is 0 Å². The first-order valence-corrected chi connectivity index (χ1v) is 12.2. The summed E-state index contributed by atoms with van der Waals surface area (Å²) < 4.78 is 0. The fourth-order valence-electron chi connectivity index (χ4n) is 4.36. The molecule has 0 radical (unpaired) electrons. The van der Waals surface area contributed by atoms with Crippen molar-refractivity contribution in [3.8, 4) is 11.8 Å². The highest BCUT2D eigenvalue weighted by atomic mass is 16.3. The largest absolute Gasteiger partial charge is 0.508 e. The van der Waals surface area contributed by atoms with Crippen LogP contribution in [-0.4, -0.2) is 71.2 Å². The van der Waals surface area contributed by atoms with Crippen LogP contribution >= 0.6 is 0 Å². The number of aliphatic hydroxyl groups excluding tert-OH is 2. The number of amides is 2. The average molecular weight is 488 g/mol. The van der Waals surface area contributed by atoms with Gasteiger partial charge in [0.05, 0.1) is 37.8 Å². The van der Waals surface area contributed by atoms with Crippen LogP contribution in [0.5, 0.6) is 0 Å². The van der Waals surface area contributed by atoms with Crippen LogP contribution in [0.25, 0.3) is 0 Å². The lowest BCUT2D eigenvalue weighted by molar-refractivity contribution is 0.174. The normalized spacial score (nSPS) is 17.4. The zero-order valence-corrected chi connectivity index (χ0v) is 20.7. The quantitative estimate of drug-likeness (QED) is 0.339. The molecule has 2 aromatic carbocycles. The number of benzene rings is 2. The summed E-state index contributed by atoms with van der Waals surface area (Å²) in [7, 11) is 0. The van der Waals surface area contributed by atoms with E-state index in [2.05, 4.69) is 27.5 Å². The van der Waals surface area contributed by atoms with Gasteiger partial charge in [0, 0.05) is 36.8 Å². The summed E-state index contributed by atoms with van der Waals surface area (Å²) in [5.41, 5.74) is 4.66. The predicted molar refractivity (Wildman–Crippen MR) is 140 cm³/mol. The molecule has 4 N–H and O–H groups in total. The van der Waals surface area contributed by atoms with Gasteiger partial charge in [-0.05, 0) is 49.2 Å². The highest BCUT2D eigenvalue weighted by Gasteiger charge is 2.40. The molecule has 4 rings (SSSR count). The van der Waals surface area contributed by atoms with Gasteiger partial charge in [-0.3, -0.25) is 4.99 Å². The Morgan fingerprint density at radius 1 is 1.11 bits per heavy atom. The second-order valence-electron chi connectivity index (χ2n) is 9.19. The van der Waals surface area contributed by atoms with Gasteiger partial charge >= 0.3 is 6.03 Å². The molecule has 0 saturated carbocycles. The number of urea groups is 1. The molecule has 2 aliphatic rings. The van der Waals surface area contributed by atoms with Crippen LogP contribution in [0.3, 0.4) is 0 Å². The number of carbonyl (C=O) groups is 1. The van der Waals surface area contributed by atoms with Gasteiger partial charge in [0.25, 0.3) is 0 Å².